The summed E-state index contributed by atoms with van der Waals surface area (Å²) in [5, 5.41) is 3.49. The van der Waals surface area contributed by atoms with Crippen molar-refractivity contribution in [2.75, 3.05) is 0 Å². The number of halogens is 1. The first-order valence-corrected chi connectivity index (χ1v) is 6.71. The van der Waals surface area contributed by atoms with Crippen LogP contribution in [0.3, 0.4) is 0 Å². The second-order valence-electron chi connectivity index (χ2n) is 3.76. The molecular weight excluding hydrogens is 264 g/mol. The van der Waals surface area contributed by atoms with Crippen molar-refractivity contribution in [1.29, 1.82) is 0 Å². The molecule has 0 spiro atoms. The van der Waals surface area contributed by atoms with Crippen molar-refractivity contribution in [1.82, 2.24) is 9.97 Å². The molecule has 0 bridgehead atoms. The zero-order valence-corrected chi connectivity index (χ0v) is 10.9. The SMILES string of the molecule is Clc1cc(-c2ccccc2)nc(-c2nccs2)c1. The van der Waals surface area contributed by atoms with Gasteiger partial charge in [-0.15, -0.1) is 11.3 Å². The minimum Gasteiger partial charge on any atom is -0.245 e. The normalized spacial score (nSPS) is 10.5. The average molecular weight is 273 g/mol. The highest BCUT2D eigenvalue weighted by atomic mass is 35.5. The Morgan fingerprint density at radius 3 is 2.50 bits per heavy atom. The van der Waals surface area contributed by atoms with E-state index in [-0.39, 0.29) is 0 Å². The predicted octanol–water partition coefficient (Wildman–Crippen LogP) is 4.53. The van der Waals surface area contributed by atoms with Crippen LogP contribution in [0.4, 0.5) is 0 Å². The van der Waals surface area contributed by atoms with E-state index in [1.165, 1.54) is 0 Å². The van der Waals surface area contributed by atoms with E-state index >= 15 is 0 Å². The van der Waals surface area contributed by atoms with Crippen LogP contribution in [0.2, 0.25) is 5.02 Å². The van der Waals surface area contributed by atoms with Gasteiger partial charge in [0.2, 0.25) is 0 Å². The summed E-state index contributed by atoms with van der Waals surface area (Å²) in [6.45, 7) is 0. The van der Waals surface area contributed by atoms with Crippen molar-refractivity contribution in [3.05, 3.63) is 59.1 Å². The van der Waals surface area contributed by atoms with Crippen molar-refractivity contribution in [3.63, 3.8) is 0 Å². The number of benzene rings is 1. The number of hydrogen-bond acceptors (Lipinski definition) is 3. The standard InChI is InChI=1S/C14H9ClN2S/c15-11-8-12(10-4-2-1-3-5-10)17-13(9-11)14-16-6-7-18-14/h1-9H. The first-order valence-electron chi connectivity index (χ1n) is 5.46. The van der Waals surface area contributed by atoms with Gasteiger partial charge in [0, 0.05) is 22.2 Å². The van der Waals surface area contributed by atoms with E-state index in [9.17, 15) is 0 Å². The van der Waals surface area contributed by atoms with Gasteiger partial charge in [-0.1, -0.05) is 41.9 Å². The number of rotatable bonds is 2. The van der Waals surface area contributed by atoms with Gasteiger partial charge in [-0.05, 0) is 12.1 Å². The maximum absolute atomic E-state index is 6.15. The first-order chi connectivity index (χ1) is 8.83. The first kappa shape index (κ1) is 11.4. The Balaban J connectivity index is 2.12. The third-order valence-electron chi connectivity index (χ3n) is 2.51. The summed E-state index contributed by atoms with van der Waals surface area (Å²) in [6.07, 6.45) is 1.77. The molecule has 0 N–H and O–H groups in total. The lowest BCUT2D eigenvalue weighted by molar-refractivity contribution is 1.29. The van der Waals surface area contributed by atoms with Gasteiger partial charge in [-0.25, -0.2) is 9.97 Å². The number of hydrogen-bond donors (Lipinski definition) is 0. The molecule has 1 aromatic carbocycles. The van der Waals surface area contributed by atoms with Crippen LogP contribution in [0.25, 0.3) is 22.0 Å². The molecule has 0 aliphatic carbocycles. The van der Waals surface area contributed by atoms with Gasteiger partial charge in [0.05, 0.1) is 5.69 Å². The molecule has 3 aromatic rings. The fourth-order valence-electron chi connectivity index (χ4n) is 1.71. The van der Waals surface area contributed by atoms with Gasteiger partial charge in [-0.2, -0.15) is 0 Å². The van der Waals surface area contributed by atoms with Gasteiger partial charge in [0.25, 0.3) is 0 Å². The van der Waals surface area contributed by atoms with Gasteiger partial charge >= 0.3 is 0 Å². The summed E-state index contributed by atoms with van der Waals surface area (Å²) >= 11 is 7.71. The highest BCUT2D eigenvalue weighted by Gasteiger charge is 2.07. The maximum Gasteiger partial charge on any atom is 0.141 e. The monoisotopic (exact) mass is 272 g/mol. The molecule has 2 heterocycles. The Morgan fingerprint density at radius 1 is 1.00 bits per heavy atom. The zero-order valence-electron chi connectivity index (χ0n) is 9.38. The number of thiazole rings is 1. The molecule has 0 unspecified atom stereocenters. The lowest BCUT2D eigenvalue weighted by atomic mass is 10.1. The second-order valence-corrected chi connectivity index (χ2v) is 5.09. The van der Waals surface area contributed by atoms with E-state index in [4.69, 9.17) is 11.6 Å². The fourth-order valence-corrected chi connectivity index (χ4v) is 2.52. The molecule has 0 saturated heterocycles. The van der Waals surface area contributed by atoms with Crippen molar-refractivity contribution in [2.24, 2.45) is 0 Å². The van der Waals surface area contributed by atoms with Crippen molar-refractivity contribution in [3.8, 4) is 22.0 Å². The van der Waals surface area contributed by atoms with E-state index in [0.29, 0.717) is 5.02 Å². The Morgan fingerprint density at radius 2 is 1.78 bits per heavy atom. The number of aromatic nitrogens is 2. The zero-order chi connectivity index (χ0) is 12.4. The minimum atomic E-state index is 0.675. The molecule has 0 aliphatic rings. The minimum absolute atomic E-state index is 0.675. The second kappa shape index (κ2) is 4.88. The van der Waals surface area contributed by atoms with Crippen LogP contribution in [0.15, 0.2) is 54.0 Å². The molecule has 0 aliphatic heterocycles. The summed E-state index contributed by atoms with van der Waals surface area (Å²) < 4.78 is 0. The quantitative estimate of drug-likeness (QED) is 0.685. The van der Waals surface area contributed by atoms with E-state index in [2.05, 4.69) is 9.97 Å². The molecule has 4 heteroatoms. The molecule has 18 heavy (non-hydrogen) atoms. The van der Waals surface area contributed by atoms with Crippen LogP contribution in [0, 0.1) is 0 Å². The topological polar surface area (TPSA) is 25.8 Å². The van der Waals surface area contributed by atoms with Crippen LogP contribution in [-0.2, 0) is 0 Å². The largest absolute Gasteiger partial charge is 0.245 e. The van der Waals surface area contributed by atoms with Crippen LogP contribution in [0.5, 0.6) is 0 Å². The van der Waals surface area contributed by atoms with E-state index in [1.807, 2.05) is 47.8 Å². The summed E-state index contributed by atoms with van der Waals surface area (Å²) in [4.78, 5) is 8.87. The summed E-state index contributed by atoms with van der Waals surface area (Å²) in [5.41, 5.74) is 2.74. The maximum atomic E-state index is 6.15. The summed E-state index contributed by atoms with van der Waals surface area (Å²) in [7, 11) is 0. The van der Waals surface area contributed by atoms with Crippen molar-refractivity contribution >= 4 is 22.9 Å². The van der Waals surface area contributed by atoms with Gasteiger partial charge in [0.15, 0.2) is 0 Å². The molecule has 0 saturated carbocycles. The van der Waals surface area contributed by atoms with Gasteiger partial charge in [-0.3, -0.25) is 0 Å². The Kier molecular flexibility index (Phi) is 3.09. The third-order valence-corrected chi connectivity index (χ3v) is 3.52. The van der Waals surface area contributed by atoms with E-state index < -0.39 is 0 Å². The van der Waals surface area contributed by atoms with E-state index in [0.717, 1.165) is 22.0 Å². The van der Waals surface area contributed by atoms with Crippen LogP contribution >= 0.6 is 22.9 Å². The van der Waals surface area contributed by atoms with Gasteiger partial charge < -0.3 is 0 Å². The van der Waals surface area contributed by atoms with E-state index in [1.54, 1.807) is 17.5 Å². The lowest BCUT2D eigenvalue weighted by Gasteiger charge is -2.04. The summed E-state index contributed by atoms with van der Waals surface area (Å²) in [6, 6.07) is 13.7. The molecule has 0 atom stereocenters. The molecule has 2 nitrogen and oxygen atoms in total. The molecule has 3 rings (SSSR count). The van der Waals surface area contributed by atoms with Gasteiger partial charge in [0.1, 0.15) is 10.7 Å². The Bertz CT molecular complexity index is 651. The molecule has 0 radical (unpaired) electrons. The lowest BCUT2D eigenvalue weighted by Crippen LogP contribution is -1.88. The molecule has 0 fully saturated rings. The van der Waals surface area contributed by atoms with Crippen LogP contribution in [-0.4, -0.2) is 9.97 Å². The predicted molar refractivity (Wildman–Crippen MR) is 75.8 cm³/mol. The molecule has 0 amide bonds. The fraction of sp³-hybridized carbons (Fsp3) is 0. The number of pyridine rings is 1. The third kappa shape index (κ3) is 2.28. The Labute approximate surface area is 114 Å². The highest BCUT2D eigenvalue weighted by Crippen LogP contribution is 2.27. The number of nitrogens with zero attached hydrogens (tertiary/aromatic N) is 2. The highest BCUT2D eigenvalue weighted by molar-refractivity contribution is 7.13. The van der Waals surface area contributed by atoms with Crippen LogP contribution in [0.1, 0.15) is 0 Å². The molecular formula is C14H9ClN2S. The Hall–Kier alpha value is -1.71. The van der Waals surface area contributed by atoms with Crippen LogP contribution < -0.4 is 0 Å². The van der Waals surface area contributed by atoms with Crippen molar-refractivity contribution in [2.45, 2.75) is 0 Å². The average Bonchev–Trinajstić information content (AvgIpc) is 2.93. The smallest absolute Gasteiger partial charge is 0.141 e. The van der Waals surface area contributed by atoms with Crippen molar-refractivity contribution < 1.29 is 0 Å². The molecule has 88 valence electrons. The molecule has 2 aromatic heterocycles. The summed E-state index contributed by atoms with van der Waals surface area (Å²) in [5.74, 6) is 0.